The standard InChI is InChI=1S/C23H26N6O6S.C21H19N5O6.C11H6N2O3.C9H12N4O3.C3H7NO.2C2H7NS.C2H7N.C2H6/c1-2-26-36-17-11-19(30)29(23(17)33)15-5-3-14(4-6-15)9-20(31)35-8-7-34-13-28-12-25-21-16(28)10-18(24)27-22(21)32;22-16-10-15-20(21(30)24-16)23-11-25(15)12-31-7-8-32-19(29)9-13-1-3-14(4-2-13)26-17(27)5-6-18(26)28;14-7-12-8-1-3-9(4-2-8)13-10(15)5-6-11(13)16;10-7-3-6-8(9(15)12-7)11-4-13(6)5-16-2-1-14;1-4(2)3-5;2*1-2-3-4;1-2-3;1-2/h3-6,10,12,17,26H,2,7-9,11,13H2,1H3,(H3,24,27,32);1-6,10-11H,7-9,12H2,(H3,22,24,30);1-6H;3-4,14H,1-2,5H2,(H3,10,12,15);3H,1-2H3;2*3-4H,2H2,1H3;2-3H2,1H3;1-2H3. The van der Waals surface area contributed by atoms with Crippen molar-refractivity contribution in [2.75, 3.05) is 112 Å². The zero-order valence-corrected chi connectivity index (χ0v) is 68.6. The lowest BCUT2D eigenvalue weighted by Gasteiger charge is -2.15. The van der Waals surface area contributed by atoms with E-state index in [1.807, 2.05) is 41.5 Å². The van der Waals surface area contributed by atoms with Crippen LogP contribution in [0.1, 0.15) is 59.1 Å². The summed E-state index contributed by atoms with van der Waals surface area (Å²) in [5, 5.41) is 8.13. The maximum Gasteiger partial charge on any atom is 0.310 e. The molecular formula is C75H97N21O19S3. The first-order valence-corrected chi connectivity index (χ1v) is 38.0. The number of nitrogens with zero attached hydrogens (tertiary/aromatic N) is 11. The van der Waals surface area contributed by atoms with Crippen molar-refractivity contribution in [1.29, 1.82) is 0 Å². The Labute approximate surface area is 691 Å². The van der Waals surface area contributed by atoms with E-state index < -0.39 is 29.0 Å². The summed E-state index contributed by atoms with van der Waals surface area (Å²) in [6.07, 6.45) is 11.6. The molecular weight excluding hydrogens is 1600 g/mol. The molecule has 1 unspecified atom stereocenters. The number of anilines is 6. The smallest absolute Gasteiger partial charge is 0.310 e. The Bertz CT molecular complexity index is 5020. The highest BCUT2D eigenvalue weighted by Crippen LogP contribution is 2.29. The number of aliphatic hydroxyl groups is 1. The molecule has 3 aliphatic rings. The van der Waals surface area contributed by atoms with Crippen molar-refractivity contribution in [2.45, 2.75) is 86.2 Å². The first kappa shape index (κ1) is 98.1. The molecule has 9 heterocycles. The van der Waals surface area contributed by atoms with Gasteiger partial charge in [-0.2, -0.15) is 4.99 Å². The van der Waals surface area contributed by atoms with E-state index in [-0.39, 0.29) is 148 Å². The molecule has 0 radical (unpaired) electrons. The molecule has 12 rings (SSSR count). The van der Waals surface area contributed by atoms with Crippen LogP contribution in [0.5, 0.6) is 0 Å². The van der Waals surface area contributed by atoms with Gasteiger partial charge in [0, 0.05) is 82.7 Å². The zero-order valence-electron chi connectivity index (χ0n) is 66.0. The van der Waals surface area contributed by atoms with Gasteiger partial charge in [0.25, 0.3) is 40.3 Å². The van der Waals surface area contributed by atoms with Crippen LogP contribution in [-0.2, 0) is 105 Å². The van der Waals surface area contributed by atoms with E-state index in [1.54, 1.807) is 107 Å². The van der Waals surface area contributed by atoms with Crippen molar-refractivity contribution in [2.24, 2.45) is 10.7 Å². The number of nitrogen functional groups attached to an aromatic ring is 3. The van der Waals surface area contributed by atoms with Gasteiger partial charge in [0.05, 0.1) is 97.6 Å². The highest BCUT2D eigenvalue weighted by molar-refractivity contribution is 7.98. The number of imide groups is 3. The number of aromatic nitrogens is 9. The summed E-state index contributed by atoms with van der Waals surface area (Å²) >= 11 is 8.60. The third kappa shape index (κ3) is 31.4. The Morgan fingerprint density at radius 2 is 0.907 bits per heavy atom. The average molecular weight is 1690 g/mol. The molecule has 43 heteroatoms. The molecule has 0 spiro atoms. The van der Waals surface area contributed by atoms with Crippen molar-refractivity contribution in [1.82, 2.24) is 62.7 Å². The van der Waals surface area contributed by atoms with Gasteiger partial charge in [0.2, 0.25) is 24.3 Å². The largest absolute Gasteiger partial charge is 0.463 e. The van der Waals surface area contributed by atoms with Crippen molar-refractivity contribution in [3.05, 3.63) is 176 Å². The molecule has 0 bridgehead atoms. The molecule has 3 aliphatic heterocycles. The molecule has 6 aromatic heterocycles. The van der Waals surface area contributed by atoms with Crippen molar-refractivity contribution in [3.63, 3.8) is 0 Å². The highest BCUT2D eigenvalue weighted by Gasteiger charge is 2.40. The van der Waals surface area contributed by atoms with Crippen LogP contribution in [0.2, 0.25) is 0 Å². The fourth-order valence-electron chi connectivity index (χ4n) is 9.72. The SMILES string of the molecule is CC.CCN.CCNS.CCNS.CCNSC1CC(=O)N(c2ccc(CC(=O)OCCOCn3cnc4c(=O)[nH]c(N)cc43)cc2)C1=O.CN(C)C=O.Nc1cc2c(ncn2COCCO)c(=O)[nH]1.Nc1cc2c(ncn2COCCOC(=O)Cc2ccc(N3C(=O)C=CC3=O)cc2)c(=O)[nH]1.O=C=Nc1ccc(N2C(=O)C=CC2=O)cc1. The van der Waals surface area contributed by atoms with Gasteiger partial charge in [0.15, 0.2) is 16.6 Å². The van der Waals surface area contributed by atoms with Crippen LogP contribution in [0.4, 0.5) is 40.2 Å². The van der Waals surface area contributed by atoms with Gasteiger partial charge in [-0.15, -0.1) is 0 Å². The van der Waals surface area contributed by atoms with Gasteiger partial charge in [0.1, 0.15) is 56.1 Å². The first-order valence-electron chi connectivity index (χ1n) is 36.2. The maximum atomic E-state index is 12.6. The molecule has 15 N–H and O–H groups in total. The van der Waals surface area contributed by atoms with Crippen LogP contribution < -0.4 is 68.5 Å². The summed E-state index contributed by atoms with van der Waals surface area (Å²) in [5.41, 5.74) is 26.3. The Kier molecular flexibility index (Phi) is 44.1. The number of thiol groups is 2. The minimum Gasteiger partial charge on any atom is -0.463 e. The van der Waals surface area contributed by atoms with Crippen molar-refractivity contribution < 1.29 is 76.7 Å². The van der Waals surface area contributed by atoms with Gasteiger partial charge in [-0.25, -0.2) is 34.4 Å². The van der Waals surface area contributed by atoms with E-state index in [0.29, 0.717) is 62.5 Å². The number of aromatic amines is 3. The lowest BCUT2D eigenvalue weighted by atomic mass is 10.1. The fourth-order valence-corrected chi connectivity index (χ4v) is 10.5. The Balaban J connectivity index is 0.000000322. The van der Waals surface area contributed by atoms with E-state index >= 15 is 0 Å². The lowest BCUT2D eigenvalue weighted by Crippen LogP contribution is -2.31. The Hall–Kier alpha value is -12.3. The average Bonchev–Trinajstić information content (AvgIpc) is 1.67. The number of pyridine rings is 3. The summed E-state index contributed by atoms with van der Waals surface area (Å²) in [6.45, 7) is 16.2. The number of carbonyl (C=O) groups excluding carboxylic acids is 10. The van der Waals surface area contributed by atoms with E-state index in [4.69, 9.17) is 51.7 Å². The number of rotatable bonds is 28. The van der Waals surface area contributed by atoms with Crippen molar-refractivity contribution in [3.8, 4) is 0 Å². The van der Waals surface area contributed by atoms with Gasteiger partial charge >= 0.3 is 11.9 Å². The van der Waals surface area contributed by atoms with Crippen LogP contribution in [-0.4, -0.2) is 199 Å². The Morgan fingerprint density at radius 3 is 1.22 bits per heavy atom. The molecule has 0 saturated carbocycles. The predicted octanol–water partition coefficient (Wildman–Crippen LogP) is 3.39. The van der Waals surface area contributed by atoms with E-state index in [9.17, 15) is 62.3 Å². The van der Waals surface area contributed by atoms with Crippen LogP contribution in [0.25, 0.3) is 33.1 Å². The minimum atomic E-state index is -0.442. The molecule has 9 aromatic rings. The number of imidazole rings is 3. The van der Waals surface area contributed by atoms with E-state index in [1.165, 1.54) is 83.2 Å². The molecule has 634 valence electrons. The topological polar surface area (TPSA) is 555 Å². The number of fused-ring (bicyclic) bond motifs is 3. The van der Waals surface area contributed by atoms with E-state index in [0.717, 1.165) is 35.8 Å². The third-order valence-corrected chi connectivity index (χ3v) is 16.6. The summed E-state index contributed by atoms with van der Waals surface area (Å²) in [5.74, 6) is -2.21. The second-order valence-corrected chi connectivity index (χ2v) is 25.5. The first-order chi connectivity index (χ1) is 56.7. The molecule has 40 nitrogen and oxygen atoms in total. The predicted molar refractivity (Wildman–Crippen MR) is 452 cm³/mol. The number of amides is 7. The number of aliphatic imine (C=N–C) groups is 1. The maximum absolute atomic E-state index is 12.6. The van der Waals surface area contributed by atoms with Crippen LogP contribution in [0.15, 0.2) is 154 Å². The monoisotopic (exact) mass is 1690 g/mol. The number of H-pyrrole nitrogens is 3. The number of hydrogen-bond acceptors (Lipinski definition) is 33. The number of aliphatic hydroxyl groups excluding tert-OH is 1. The summed E-state index contributed by atoms with van der Waals surface area (Å²) < 4.78 is 39.7. The number of carbonyl (C=O) groups is 9. The number of benzene rings is 3. The van der Waals surface area contributed by atoms with Crippen molar-refractivity contribution >= 4 is 171 Å². The van der Waals surface area contributed by atoms with Gasteiger partial charge in [-0.1, -0.05) is 103 Å². The van der Waals surface area contributed by atoms with Crippen LogP contribution in [0.3, 0.4) is 0 Å². The fraction of sp³-hybridized carbons (Fsp3) is 0.333. The number of hydrogen-bond donors (Lipinski definition) is 13. The minimum absolute atomic E-state index is 0.0363. The normalized spacial score (nSPS) is 12.8. The second kappa shape index (κ2) is 53.1. The third-order valence-electron chi connectivity index (χ3n) is 14.8. The molecule has 1 atom stereocenters. The number of ether oxygens (including phenoxy) is 5. The highest BCUT2D eigenvalue weighted by atomic mass is 32.2. The molecule has 0 aliphatic carbocycles. The van der Waals surface area contributed by atoms with Crippen LogP contribution >= 0.6 is 37.6 Å². The number of isocyanates is 1. The number of nitrogens with one attached hydrogen (secondary N) is 6. The van der Waals surface area contributed by atoms with Gasteiger partial charge < -0.3 is 85.3 Å². The summed E-state index contributed by atoms with van der Waals surface area (Å²) in [7, 11) is 3.38. The molecule has 7 amide bonds. The molecule has 1 saturated heterocycles. The zero-order chi connectivity index (χ0) is 87.2. The lowest BCUT2D eigenvalue weighted by molar-refractivity contribution is -0.145. The molecule has 118 heavy (non-hydrogen) atoms. The van der Waals surface area contributed by atoms with Crippen LogP contribution in [0, 0.1) is 0 Å². The molecule has 3 aromatic carbocycles. The molecule has 1 fully saturated rings. The van der Waals surface area contributed by atoms with Gasteiger partial charge in [-0.3, -0.25) is 71.7 Å². The Morgan fingerprint density at radius 1 is 0.576 bits per heavy atom. The summed E-state index contributed by atoms with van der Waals surface area (Å²) in [4.78, 5) is 177. The van der Waals surface area contributed by atoms with E-state index in [2.05, 4.69) is 74.7 Å². The summed E-state index contributed by atoms with van der Waals surface area (Å²) in [6, 6.07) is 24.1. The number of esters is 2. The second-order valence-electron chi connectivity index (χ2n) is 23.8. The van der Waals surface area contributed by atoms with Gasteiger partial charge in [-0.05, 0) is 66.2 Å². The number of nitrogens with two attached hydrogens (primary N) is 4. The quantitative estimate of drug-likeness (QED) is 0.00488.